The van der Waals surface area contributed by atoms with Crippen molar-refractivity contribution in [3.8, 4) is 0 Å². The van der Waals surface area contributed by atoms with E-state index in [2.05, 4.69) is 15.6 Å². The predicted molar refractivity (Wildman–Crippen MR) is 61.9 cm³/mol. The van der Waals surface area contributed by atoms with Crippen LogP contribution < -0.4 is 5.32 Å². The van der Waals surface area contributed by atoms with E-state index in [4.69, 9.17) is 5.11 Å². The van der Waals surface area contributed by atoms with Gasteiger partial charge < -0.3 is 10.4 Å². The van der Waals surface area contributed by atoms with Gasteiger partial charge in [0.05, 0.1) is 5.69 Å². The molecule has 5 nitrogen and oxygen atoms in total. The highest BCUT2D eigenvalue weighted by Gasteiger charge is 2.27. The van der Waals surface area contributed by atoms with Crippen molar-refractivity contribution < 1.29 is 18.3 Å². The highest BCUT2D eigenvalue weighted by molar-refractivity contribution is 8.00. The van der Waals surface area contributed by atoms with Crippen LogP contribution in [0.2, 0.25) is 0 Å². The summed E-state index contributed by atoms with van der Waals surface area (Å²) in [6.07, 6.45) is 2.30. The molecule has 9 heteroatoms. The predicted octanol–water partition coefficient (Wildman–Crippen LogP) is 1.00. The molecule has 1 aromatic rings. The van der Waals surface area contributed by atoms with Crippen molar-refractivity contribution in [3.63, 3.8) is 0 Å². The van der Waals surface area contributed by atoms with E-state index >= 15 is 0 Å². The lowest BCUT2D eigenvalue weighted by molar-refractivity contribution is -0.0327. The molecular weight excluding hydrogens is 269 g/mol. The van der Waals surface area contributed by atoms with E-state index in [-0.39, 0.29) is 30.7 Å². The Hall–Kier alpha value is -0.800. The van der Waals surface area contributed by atoms with Crippen LogP contribution in [0, 0.1) is 0 Å². The number of nitrogens with zero attached hydrogens (tertiary/aromatic N) is 3. The molecule has 0 amide bonds. The minimum absolute atomic E-state index is 0.0256. The number of rotatable bonds is 8. The first kappa shape index (κ1) is 15.3. The van der Waals surface area contributed by atoms with E-state index in [1.54, 1.807) is 10.9 Å². The maximum absolute atomic E-state index is 11.8. The van der Waals surface area contributed by atoms with Gasteiger partial charge in [0.1, 0.15) is 0 Å². The Balaban J connectivity index is 2.13. The Morgan fingerprint density at radius 1 is 1.44 bits per heavy atom. The molecule has 0 radical (unpaired) electrons. The number of aliphatic hydroxyl groups is 1. The minimum Gasteiger partial charge on any atom is -0.396 e. The van der Waals surface area contributed by atoms with Gasteiger partial charge in [-0.05, 0) is 18.2 Å². The van der Waals surface area contributed by atoms with Gasteiger partial charge in [-0.1, -0.05) is 5.21 Å². The fraction of sp³-hybridized carbons (Fsp3) is 0.778. The minimum atomic E-state index is -4.17. The van der Waals surface area contributed by atoms with Gasteiger partial charge in [-0.15, -0.1) is 5.10 Å². The summed E-state index contributed by atoms with van der Waals surface area (Å²) in [5.41, 5.74) is -3.50. The number of nitrogens with one attached hydrogen (secondary N) is 1. The SMILES string of the molecule is OCCCn1cc(CNCCSC(F)(F)F)nn1. The van der Waals surface area contributed by atoms with Crippen molar-refractivity contribution in [3.05, 3.63) is 11.9 Å². The molecule has 0 aliphatic carbocycles. The summed E-state index contributed by atoms with van der Waals surface area (Å²) in [5.74, 6) is -0.0256. The van der Waals surface area contributed by atoms with Crippen LogP contribution in [0.1, 0.15) is 12.1 Å². The largest absolute Gasteiger partial charge is 0.441 e. The van der Waals surface area contributed by atoms with E-state index < -0.39 is 5.51 Å². The van der Waals surface area contributed by atoms with Crippen LogP contribution in [-0.2, 0) is 13.1 Å². The normalized spacial score (nSPS) is 12.0. The fourth-order valence-electron chi connectivity index (χ4n) is 1.22. The Labute approximate surface area is 107 Å². The molecule has 1 heterocycles. The van der Waals surface area contributed by atoms with Crippen molar-refractivity contribution in [1.82, 2.24) is 20.3 Å². The molecule has 18 heavy (non-hydrogen) atoms. The van der Waals surface area contributed by atoms with Gasteiger partial charge in [0.25, 0.3) is 0 Å². The lowest BCUT2D eigenvalue weighted by Crippen LogP contribution is -2.18. The summed E-state index contributed by atoms with van der Waals surface area (Å²) in [6.45, 7) is 1.31. The second-order valence-electron chi connectivity index (χ2n) is 3.52. The molecule has 104 valence electrons. The van der Waals surface area contributed by atoms with Gasteiger partial charge in [0.2, 0.25) is 0 Å². The maximum atomic E-state index is 11.8. The fourth-order valence-corrected chi connectivity index (χ4v) is 1.69. The number of thioether (sulfide) groups is 1. The van der Waals surface area contributed by atoms with Gasteiger partial charge in [0, 0.05) is 38.2 Å². The van der Waals surface area contributed by atoms with Crippen molar-refractivity contribution in [1.29, 1.82) is 0 Å². The lowest BCUT2D eigenvalue weighted by atomic mass is 10.4. The van der Waals surface area contributed by atoms with Crippen LogP contribution in [0.15, 0.2) is 6.20 Å². The zero-order chi connectivity index (χ0) is 13.4. The molecule has 0 aromatic carbocycles. The second-order valence-corrected chi connectivity index (χ2v) is 4.68. The quantitative estimate of drug-likeness (QED) is 0.697. The second kappa shape index (κ2) is 7.59. The molecular formula is C9H15F3N4OS. The van der Waals surface area contributed by atoms with Crippen molar-refractivity contribution in [2.75, 3.05) is 18.9 Å². The molecule has 0 aliphatic heterocycles. The standard InChI is InChI=1S/C9H15F3N4OS/c10-9(11,12)18-5-2-13-6-8-7-16(15-14-8)3-1-4-17/h7,13,17H,1-6H2. The Bertz CT molecular complexity index is 345. The Morgan fingerprint density at radius 3 is 2.89 bits per heavy atom. The molecule has 0 bridgehead atoms. The number of aliphatic hydroxyl groups excluding tert-OH is 1. The third kappa shape index (κ3) is 6.82. The molecule has 0 saturated heterocycles. The summed E-state index contributed by atoms with van der Waals surface area (Å²) in [5, 5.41) is 19.2. The summed E-state index contributed by atoms with van der Waals surface area (Å²) in [4.78, 5) is 0. The molecule has 1 aromatic heterocycles. The summed E-state index contributed by atoms with van der Waals surface area (Å²) >= 11 is -0.0465. The third-order valence-electron chi connectivity index (χ3n) is 1.98. The number of hydrogen-bond acceptors (Lipinski definition) is 5. The molecule has 2 N–H and O–H groups in total. The first-order valence-corrected chi connectivity index (χ1v) is 6.41. The molecule has 0 atom stereocenters. The van der Waals surface area contributed by atoms with Crippen LogP contribution in [0.4, 0.5) is 13.2 Å². The van der Waals surface area contributed by atoms with E-state index in [1.807, 2.05) is 0 Å². The smallest absolute Gasteiger partial charge is 0.396 e. The van der Waals surface area contributed by atoms with Crippen LogP contribution >= 0.6 is 11.8 Å². The third-order valence-corrected chi connectivity index (χ3v) is 2.72. The van der Waals surface area contributed by atoms with Crippen molar-refractivity contribution >= 4 is 11.8 Å². The van der Waals surface area contributed by atoms with Gasteiger partial charge in [0.15, 0.2) is 0 Å². The number of aryl methyl sites for hydroxylation is 1. The monoisotopic (exact) mass is 284 g/mol. The maximum Gasteiger partial charge on any atom is 0.441 e. The van der Waals surface area contributed by atoms with Crippen molar-refractivity contribution in [2.45, 2.75) is 25.0 Å². The average molecular weight is 284 g/mol. The van der Waals surface area contributed by atoms with E-state index in [0.717, 1.165) is 0 Å². The zero-order valence-electron chi connectivity index (χ0n) is 9.65. The van der Waals surface area contributed by atoms with Crippen molar-refractivity contribution in [2.24, 2.45) is 0 Å². The first-order chi connectivity index (χ1) is 8.51. The lowest BCUT2D eigenvalue weighted by Gasteiger charge is -2.05. The van der Waals surface area contributed by atoms with Crippen LogP contribution in [0.3, 0.4) is 0 Å². The topological polar surface area (TPSA) is 63.0 Å². The van der Waals surface area contributed by atoms with Gasteiger partial charge in [-0.3, -0.25) is 4.68 Å². The van der Waals surface area contributed by atoms with Gasteiger partial charge >= 0.3 is 5.51 Å². The van der Waals surface area contributed by atoms with Crippen LogP contribution in [-0.4, -0.2) is 44.5 Å². The average Bonchev–Trinajstić information content (AvgIpc) is 2.72. The van der Waals surface area contributed by atoms with Gasteiger partial charge in [-0.25, -0.2) is 0 Å². The molecule has 0 spiro atoms. The molecule has 0 saturated carbocycles. The number of alkyl halides is 3. The summed E-state index contributed by atoms with van der Waals surface area (Å²) < 4.78 is 37.0. The molecule has 0 unspecified atom stereocenters. The van der Waals surface area contributed by atoms with Gasteiger partial charge in [-0.2, -0.15) is 13.2 Å². The van der Waals surface area contributed by atoms with E-state index in [9.17, 15) is 13.2 Å². The molecule has 0 aliphatic rings. The number of halogens is 3. The highest BCUT2D eigenvalue weighted by Crippen LogP contribution is 2.29. The zero-order valence-corrected chi connectivity index (χ0v) is 10.5. The number of hydrogen-bond donors (Lipinski definition) is 2. The molecule has 1 rings (SSSR count). The van der Waals surface area contributed by atoms with E-state index in [0.29, 0.717) is 25.2 Å². The summed E-state index contributed by atoms with van der Waals surface area (Å²) in [6, 6.07) is 0. The Kier molecular flexibility index (Phi) is 6.44. The van der Waals surface area contributed by atoms with Crippen LogP contribution in [0.5, 0.6) is 0 Å². The number of aromatic nitrogens is 3. The highest BCUT2D eigenvalue weighted by atomic mass is 32.2. The van der Waals surface area contributed by atoms with Crippen LogP contribution in [0.25, 0.3) is 0 Å². The first-order valence-electron chi connectivity index (χ1n) is 5.42. The summed E-state index contributed by atoms with van der Waals surface area (Å²) in [7, 11) is 0. The van der Waals surface area contributed by atoms with E-state index in [1.165, 1.54) is 0 Å². The Morgan fingerprint density at radius 2 is 2.22 bits per heavy atom. The molecule has 0 fully saturated rings.